The van der Waals surface area contributed by atoms with Crippen molar-refractivity contribution in [1.29, 1.82) is 0 Å². The molecule has 0 saturated carbocycles. The summed E-state index contributed by atoms with van der Waals surface area (Å²) in [6.07, 6.45) is 8.01. The fraction of sp³-hybridized carbons (Fsp3) is 0.778. The van der Waals surface area contributed by atoms with E-state index in [9.17, 15) is 0 Å². The molecule has 1 aromatic rings. The highest BCUT2D eigenvalue weighted by atomic mass is 79.9. The Morgan fingerprint density at radius 3 is 2.30 bits per heavy atom. The minimum Gasteiger partial charge on any atom is -0.341 e. The fourth-order valence-corrected chi connectivity index (χ4v) is 3.50. The fourth-order valence-electron chi connectivity index (χ4n) is 3.50. The molecule has 0 spiro atoms. The summed E-state index contributed by atoms with van der Waals surface area (Å²) < 4.78 is 0. The Hall–Kier alpha value is -0.680. The van der Waals surface area contributed by atoms with E-state index >= 15 is 0 Å². The van der Waals surface area contributed by atoms with E-state index < -0.39 is 0 Å². The predicted octanol–water partition coefficient (Wildman–Crippen LogP) is 3.88. The lowest BCUT2D eigenvalue weighted by molar-refractivity contribution is 0.179. The third-order valence-corrected chi connectivity index (χ3v) is 4.70. The summed E-state index contributed by atoms with van der Waals surface area (Å²) in [4.78, 5) is 14.4. The maximum absolute atomic E-state index is 4.84. The van der Waals surface area contributed by atoms with Crippen LogP contribution >= 0.6 is 17.0 Å². The Morgan fingerprint density at radius 2 is 1.74 bits per heavy atom. The Bertz CT molecular complexity index is 456. The molecule has 2 rings (SSSR count). The first-order valence-electron chi connectivity index (χ1n) is 9.07. The van der Waals surface area contributed by atoms with Crippen molar-refractivity contribution in [3.05, 3.63) is 17.5 Å². The molecule has 1 heterocycles. The van der Waals surface area contributed by atoms with Gasteiger partial charge in [0.25, 0.3) is 0 Å². The quantitative estimate of drug-likeness (QED) is 0.680. The molecule has 4 nitrogen and oxygen atoms in total. The number of aryl methyl sites for hydroxylation is 1. The van der Waals surface area contributed by atoms with Gasteiger partial charge in [0.15, 0.2) is 0 Å². The Morgan fingerprint density at radius 1 is 1.09 bits per heavy atom. The van der Waals surface area contributed by atoms with Crippen molar-refractivity contribution in [2.24, 2.45) is 0 Å². The highest BCUT2D eigenvalue weighted by Gasteiger charge is 2.25. The van der Waals surface area contributed by atoms with Gasteiger partial charge in [0.2, 0.25) is 5.95 Å². The van der Waals surface area contributed by atoms with Crippen LogP contribution < -0.4 is 4.90 Å². The van der Waals surface area contributed by atoms with Crippen LogP contribution in [-0.4, -0.2) is 47.1 Å². The van der Waals surface area contributed by atoms with Gasteiger partial charge in [-0.05, 0) is 64.6 Å². The molecule has 0 aromatic carbocycles. The van der Waals surface area contributed by atoms with E-state index in [2.05, 4.69) is 48.7 Å². The molecule has 0 bridgehead atoms. The maximum atomic E-state index is 4.84. The summed E-state index contributed by atoms with van der Waals surface area (Å²) in [6.45, 7) is 13.2. The third-order valence-electron chi connectivity index (χ3n) is 4.70. The van der Waals surface area contributed by atoms with Crippen LogP contribution in [-0.2, 0) is 12.8 Å². The van der Waals surface area contributed by atoms with E-state index in [0.29, 0.717) is 6.04 Å². The molecule has 0 amide bonds. The zero-order valence-electron chi connectivity index (χ0n) is 15.2. The van der Waals surface area contributed by atoms with Crippen molar-refractivity contribution in [2.75, 3.05) is 31.1 Å². The summed E-state index contributed by atoms with van der Waals surface area (Å²) in [5.41, 5.74) is 2.64. The van der Waals surface area contributed by atoms with E-state index in [1.165, 1.54) is 43.6 Å². The molecule has 0 saturated heterocycles. The molecule has 0 aliphatic heterocycles. The number of anilines is 1. The Balaban J connectivity index is 0.00000264. The van der Waals surface area contributed by atoms with Crippen molar-refractivity contribution in [2.45, 2.75) is 65.8 Å². The lowest BCUT2D eigenvalue weighted by Gasteiger charge is -2.34. The molecular formula is C18H33BrN4. The van der Waals surface area contributed by atoms with Crippen molar-refractivity contribution in [3.8, 4) is 0 Å². The third kappa shape index (κ3) is 5.15. The number of aromatic nitrogens is 2. The van der Waals surface area contributed by atoms with Gasteiger partial charge in [-0.25, -0.2) is 9.97 Å². The molecule has 1 aliphatic carbocycles. The van der Waals surface area contributed by atoms with Crippen LogP contribution in [0.4, 0.5) is 5.95 Å². The van der Waals surface area contributed by atoms with E-state index in [1.54, 1.807) is 0 Å². The monoisotopic (exact) mass is 384 g/mol. The number of fused-ring (bicyclic) bond motifs is 1. The molecule has 0 N–H and O–H groups in total. The summed E-state index contributed by atoms with van der Waals surface area (Å²) in [7, 11) is 0. The molecule has 5 heteroatoms. The second kappa shape index (κ2) is 10.2. The van der Waals surface area contributed by atoms with Gasteiger partial charge in [0.1, 0.15) is 0 Å². The van der Waals surface area contributed by atoms with Crippen molar-refractivity contribution < 1.29 is 0 Å². The topological polar surface area (TPSA) is 32.3 Å². The van der Waals surface area contributed by atoms with Crippen LogP contribution in [0, 0.1) is 0 Å². The molecule has 1 atom stereocenters. The molecule has 0 radical (unpaired) electrons. The maximum Gasteiger partial charge on any atom is 0.225 e. The lowest BCUT2D eigenvalue weighted by Crippen LogP contribution is -2.40. The lowest BCUT2D eigenvalue weighted by atomic mass is 9.91. The van der Waals surface area contributed by atoms with E-state index in [0.717, 1.165) is 31.9 Å². The second-order valence-electron chi connectivity index (χ2n) is 6.25. The number of hydrogen-bond acceptors (Lipinski definition) is 4. The van der Waals surface area contributed by atoms with Gasteiger partial charge in [0.05, 0.1) is 0 Å². The minimum absolute atomic E-state index is 0. The summed E-state index contributed by atoms with van der Waals surface area (Å²) in [5.74, 6) is 0.904. The zero-order valence-corrected chi connectivity index (χ0v) is 16.9. The number of hydrogen-bond donors (Lipinski definition) is 0. The highest BCUT2D eigenvalue weighted by molar-refractivity contribution is 8.93. The smallest absolute Gasteiger partial charge is 0.225 e. The molecule has 1 unspecified atom stereocenters. The highest BCUT2D eigenvalue weighted by Crippen LogP contribution is 2.24. The first kappa shape index (κ1) is 20.4. The summed E-state index contributed by atoms with van der Waals surface area (Å²) in [5, 5.41) is 0. The van der Waals surface area contributed by atoms with Gasteiger partial charge < -0.3 is 9.80 Å². The van der Waals surface area contributed by atoms with Crippen LogP contribution in [0.25, 0.3) is 0 Å². The van der Waals surface area contributed by atoms with Gasteiger partial charge in [-0.3, -0.25) is 0 Å². The van der Waals surface area contributed by atoms with Crippen LogP contribution in [0.5, 0.6) is 0 Å². The second-order valence-corrected chi connectivity index (χ2v) is 6.25. The number of nitrogens with zero attached hydrogens (tertiary/aromatic N) is 4. The summed E-state index contributed by atoms with van der Waals surface area (Å²) in [6, 6.07) is 0.676. The van der Waals surface area contributed by atoms with Crippen LogP contribution in [0.3, 0.4) is 0 Å². The number of rotatable bonds is 8. The average Bonchev–Trinajstić information content (AvgIpc) is 2.55. The van der Waals surface area contributed by atoms with Crippen molar-refractivity contribution in [3.63, 3.8) is 0 Å². The standard InChI is InChI=1S/C18H32N4.BrH/c1-5-11-22(12-6-2)16-9-10-17-15(13-16)14-19-18(20-17)21(7-3)8-4;/h14,16H,5-13H2,1-4H3;1H. The first-order chi connectivity index (χ1) is 10.7. The van der Waals surface area contributed by atoms with Gasteiger partial charge in [-0.2, -0.15) is 0 Å². The summed E-state index contributed by atoms with van der Waals surface area (Å²) >= 11 is 0. The molecule has 1 aromatic heterocycles. The van der Waals surface area contributed by atoms with Gasteiger partial charge in [0, 0.05) is 31.0 Å². The van der Waals surface area contributed by atoms with Crippen molar-refractivity contribution >= 4 is 22.9 Å². The SMILES string of the molecule is Br.CCCN(CCC)C1CCc2nc(N(CC)CC)ncc2C1. The van der Waals surface area contributed by atoms with Crippen LogP contribution in [0.2, 0.25) is 0 Å². The van der Waals surface area contributed by atoms with Gasteiger partial charge in [-0.15, -0.1) is 17.0 Å². The number of halogens is 1. The minimum atomic E-state index is 0. The Kier molecular flexibility index (Phi) is 9.07. The van der Waals surface area contributed by atoms with E-state index in [1.807, 2.05) is 0 Å². The van der Waals surface area contributed by atoms with E-state index in [-0.39, 0.29) is 17.0 Å². The largest absolute Gasteiger partial charge is 0.341 e. The molecule has 23 heavy (non-hydrogen) atoms. The zero-order chi connectivity index (χ0) is 15.9. The first-order valence-corrected chi connectivity index (χ1v) is 9.07. The van der Waals surface area contributed by atoms with Crippen LogP contribution in [0.1, 0.15) is 58.2 Å². The molecule has 1 aliphatic rings. The van der Waals surface area contributed by atoms with Gasteiger partial charge >= 0.3 is 0 Å². The van der Waals surface area contributed by atoms with E-state index in [4.69, 9.17) is 4.98 Å². The molecule has 0 fully saturated rings. The molecular weight excluding hydrogens is 352 g/mol. The Labute approximate surface area is 152 Å². The van der Waals surface area contributed by atoms with Crippen molar-refractivity contribution in [1.82, 2.24) is 14.9 Å². The molecule has 132 valence electrons. The van der Waals surface area contributed by atoms with Crippen LogP contribution in [0.15, 0.2) is 6.20 Å². The average molecular weight is 385 g/mol. The predicted molar refractivity (Wildman–Crippen MR) is 104 cm³/mol. The van der Waals surface area contributed by atoms with Gasteiger partial charge in [-0.1, -0.05) is 13.8 Å². The normalized spacial score (nSPS) is 16.8.